The number of para-hydroxylation sites is 1. The van der Waals surface area contributed by atoms with E-state index in [9.17, 15) is 9.59 Å². The van der Waals surface area contributed by atoms with E-state index < -0.39 is 0 Å². The molecule has 0 radical (unpaired) electrons. The highest BCUT2D eigenvalue weighted by Gasteiger charge is 2.20. The second kappa shape index (κ2) is 13.1. The number of carbonyl (C=O) groups excluding carboxylic acids is 2. The minimum absolute atomic E-state index is 0.0352. The van der Waals surface area contributed by atoms with Crippen LogP contribution in [0.2, 0.25) is 5.02 Å². The number of fused-ring (bicyclic) bond motifs is 1. The SMILES string of the molecule is COc1cc(C(=O)NCc2nnc(SCC(=O)Nc3nc4ccccc4s3)n2-c2cccc(Cl)c2)cc(OC)c1OC. The Labute approximate surface area is 254 Å². The topological polar surface area (TPSA) is 129 Å². The van der Waals surface area contributed by atoms with E-state index in [4.69, 9.17) is 25.8 Å². The molecule has 216 valence electrons. The van der Waals surface area contributed by atoms with Crippen LogP contribution in [0.3, 0.4) is 0 Å². The molecule has 0 fully saturated rings. The zero-order chi connectivity index (χ0) is 29.6. The summed E-state index contributed by atoms with van der Waals surface area (Å²) in [5.74, 6) is 0.959. The number of nitrogens with zero attached hydrogens (tertiary/aromatic N) is 4. The molecule has 0 aliphatic carbocycles. The van der Waals surface area contributed by atoms with Crippen molar-refractivity contribution in [3.63, 3.8) is 0 Å². The van der Waals surface area contributed by atoms with Gasteiger partial charge >= 0.3 is 0 Å². The Kier molecular flexibility index (Phi) is 9.10. The summed E-state index contributed by atoms with van der Waals surface area (Å²) in [6.45, 7) is 0.0352. The van der Waals surface area contributed by atoms with E-state index in [0.717, 1.165) is 10.2 Å². The van der Waals surface area contributed by atoms with Gasteiger partial charge < -0.3 is 24.8 Å². The summed E-state index contributed by atoms with van der Waals surface area (Å²) in [5.41, 5.74) is 1.81. The second-order valence-electron chi connectivity index (χ2n) is 8.63. The van der Waals surface area contributed by atoms with Crippen LogP contribution in [0.4, 0.5) is 5.13 Å². The molecule has 3 aromatic carbocycles. The van der Waals surface area contributed by atoms with Crippen LogP contribution in [0, 0.1) is 0 Å². The first-order valence-corrected chi connectivity index (χ1v) is 14.6. The second-order valence-corrected chi connectivity index (χ2v) is 11.0. The molecule has 0 bridgehead atoms. The highest BCUT2D eigenvalue weighted by Crippen LogP contribution is 2.38. The fourth-order valence-electron chi connectivity index (χ4n) is 4.07. The lowest BCUT2D eigenvalue weighted by molar-refractivity contribution is -0.113. The maximum absolute atomic E-state index is 13.1. The zero-order valence-corrected chi connectivity index (χ0v) is 25.1. The van der Waals surface area contributed by atoms with Crippen LogP contribution in [0.25, 0.3) is 15.9 Å². The van der Waals surface area contributed by atoms with Gasteiger partial charge in [-0.05, 0) is 42.5 Å². The molecule has 11 nitrogen and oxygen atoms in total. The summed E-state index contributed by atoms with van der Waals surface area (Å²) >= 11 is 8.88. The van der Waals surface area contributed by atoms with E-state index in [2.05, 4.69) is 25.8 Å². The summed E-state index contributed by atoms with van der Waals surface area (Å²) in [6.07, 6.45) is 0. The number of thiazole rings is 1. The van der Waals surface area contributed by atoms with Gasteiger partial charge in [-0.15, -0.1) is 10.2 Å². The lowest BCUT2D eigenvalue weighted by atomic mass is 10.1. The summed E-state index contributed by atoms with van der Waals surface area (Å²) in [6, 6.07) is 17.9. The molecular formula is C28H25ClN6O5S2. The van der Waals surface area contributed by atoms with Crippen LogP contribution < -0.4 is 24.8 Å². The number of hydrogen-bond acceptors (Lipinski definition) is 10. The number of aromatic nitrogens is 4. The molecular weight excluding hydrogens is 600 g/mol. The van der Waals surface area contributed by atoms with Gasteiger partial charge in [0.2, 0.25) is 11.7 Å². The van der Waals surface area contributed by atoms with Gasteiger partial charge in [-0.1, -0.05) is 52.9 Å². The molecule has 2 heterocycles. The predicted octanol–water partition coefficient (Wildman–Crippen LogP) is 5.22. The number of ether oxygens (including phenoxy) is 3. The predicted molar refractivity (Wildman–Crippen MR) is 163 cm³/mol. The van der Waals surface area contributed by atoms with Gasteiger partial charge in [-0.2, -0.15) is 0 Å². The lowest BCUT2D eigenvalue weighted by Crippen LogP contribution is -2.25. The number of nitrogens with one attached hydrogen (secondary N) is 2. The molecule has 0 aliphatic rings. The summed E-state index contributed by atoms with van der Waals surface area (Å²) in [7, 11) is 4.44. The van der Waals surface area contributed by atoms with Gasteiger partial charge in [-0.25, -0.2) is 4.98 Å². The number of anilines is 1. The van der Waals surface area contributed by atoms with Gasteiger partial charge in [0.1, 0.15) is 0 Å². The maximum Gasteiger partial charge on any atom is 0.251 e. The molecule has 0 atom stereocenters. The van der Waals surface area contributed by atoms with E-state index in [-0.39, 0.29) is 24.1 Å². The monoisotopic (exact) mass is 624 g/mol. The first-order chi connectivity index (χ1) is 20.4. The van der Waals surface area contributed by atoms with Crippen molar-refractivity contribution < 1.29 is 23.8 Å². The number of hydrogen-bond donors (Lipinski definition) is 2. The van der Waals surface area contributed by atoms with Crippen LogP contribution in [-0.4, -0.2) is 58.6 Å². The number of methoxy groups -OCH3 is 3. The maximum atomic E-state index is 13.1. The smallest absolute Gasteiger partial charge is 0.251 e. The normalized spacial score (nSPS) is 10.9. The number of thioether (sulfide) groups is 1. The Morgan fingerprint density at radius 3 is 2.43 bits per heavy atom. The van der Waals surface area contributed by atoms with E-state index in [1.165, 1.54) is 44.4 Å². The van der Waals surface area contributed by atoms with Crippen molar-refractivity contribution in [3.8, 4) is 22.9 Å². The lowest BCUT2D eigenvalue weighted by Gasteiger charge is -2.14. The van der Waals surface area contributed by atoms with Crippen molar-refractivity contribution in [1.29, 1.82) is 0 Å². The summed E-state index contributed by atoms with van der Waals surface area (Å²) in [4.78, 5) is 30.3. The van der Waals surface area contributed by atoms with Gasteiger partial charge in [0.25, 0.3) is 5.91 Å². The molecule has 5 aromatic rings. The van der Waals surface area contributed by atoms with Gasteiger partial charge in [-0.3, -0.25) is 14.2 Å². The van der Waals surface area contributed by atoms with Crippen LogP contribution in [0.15, 0.2) is 65.8 Å². The number of rotatable bonds is 11. The summed E-state index contributed by atoms with van der Waals surface area (Å²) < 4.78 is 18.8. The summed E-state index contributed by atoms with van der Waals surface area (Å²) in [5, 5.41) is 15.8. The third-order valence-corrected chi connectivity index (χ3v) is 8.09. The van der Waals surface area contributed by atoms with Crippen LogP contribution in [0.1, 0.15) is 16.2 Å². The fraction of sp³-hybridized carbons (Fsp3) is 0.179. The van der Waals surface area contributed by atoms with Crippen LogP contribution in [-0.2, 0) is 11.3 Å². The van der Waals surface area contributed by atoms with Crippen LogP contribution in [0.5, 0.6) is 17.2 Å². The van der Waals surface area contributed by atoms with Crippen molar-refractivity contribution in [2.75, 3.05) is 32.4 Å². The largest absolute Gasteiger partial charge is 0.493 e. The third-order valence-electron chi connectivity index (χ3n) is 5.97. The van der Waals surface area contributed by atoms with E-state index in [0.29, 0.717) is 49.6 Å². The van der Waals surface area contributed by atoms with Gasteiger partial charge in [0, 0.05) is 10.6 Å². The van der Waals surface area contributed by atoms with E-state index in [1.54, 1.807) is 34.9 Å². The number of halogens is 1. The number of benzene rings is 3. The van der Waals surface area contributed by atoms with Crippen molar-refractivity contribution in [3.05, 3.63) is 77.1 Å². The van der Waals surface area contributed by atoms with Crippen molar-refractivity contribution in [2.45, 2.75) is 11.7 Å². The number of carbonyl (C=O) groups is 2. The highest BCUT2D eigenvalue weighted by molar-refractivity contribution is 7.99. The molecule has 0 saturated heterocycles. The Hall–Kier alpha value is -4.33. The van der Waals surface area contributed by atoms with Crippen LogP contribution >= 0.6 is 34.7 Å². The molecule has 2 amide bonds. The quantitative estimate of drug-likeness (QED) is 0.190. The average molecular weight is 625 g/mol. The molecule has 5 rings (SSSR count). The first-order valence-electron chi connectivity index (χ1n) is 12.5. The Bertz CT molecular complexity index is 1700. The van der Waals surface area contributed by atoms with Gasteiger partial charge in [0.15, 0.2) is 27.6 Å². The Morgan fingerprint density at radius 2 is 1.74 bits per heavy atom. The molecule has 42 heavy (non-hydrogen) atoms. The van der Waals surface area contributed by atoms with E-state index in [1.807, 2.05) is 30.3 Å². The third kappa shape index (κ3) is 6.43. The Morgan fingerprint density at radius 1 is 0.976 bits per heavy atom. The first kappa shape index (κ1) is 29.2. The van der Waals surface area contributed by atoms with E-state index >= 15 is 0 Å². The minimum atomic E-state index is -0.390. The standard InChI is InChI=1S/C28H25ClN6O5S2/c1-38-20-11-16(12-21(39-2)25(20)40-3)26(37)30-14-23-33-34-28(35(23)18-8-6-7-17(29)13-18)41-15-24(36)32-27-31-19-9-4-5-10-22(19)42-27/h4-13H,14-15H2,1-3H3,(H,30,37)(H,31,32,36). The number of amides is 2. The molecule has 0 saturated carbocycles. The molecule has 0 aliphatic heterocycles. The molecule has 2 N–H and O–H groups in total. The van der Waals surface area contributed by atoms with Crippen molar-refractivity contribution in [1.82, 2.24) is 25.1 Å². The molecule has 0 spiro atoms. The zero-order valence-electron chi connectivity index (χ0n) is 22.7. The molecule has 14 heteroatoms. The average Bonchev–Trinajstić information content (AvgIpc) is 3.61. The fourth-order valence-corrected chi connectivity index (χ4v) is 5.90. The highest BCUT2D eigenvalue weighted by atomic mass is 35.5. The minimum Gasteiger partial charge on any atom is -0.493 e. The molecule has 2 aromatic heterocycles. The Balaban J connectivity index is 1.33. The van der Waals surface area contributed by atoms with Gasteiger partial charge in [0.05, 0.1) is 49.5 Å². The molecule has 0 unspecified atom stereocenters. The van der Waals surface area contributed by atoms with Crippen molar-refractivity contribution >= 4 is 61.9 Å². The van der Waals surface area contributed by atoms with Crippen molar-refractivity contribution in [2.24, 2.45) is 0 Å².